The molecule has 2 fully saturated rings. The Hall–Kier alpha value is -2.67. The molecule has 2 aliphatic rings. The van der Waals surface area contributed by atoms with Gasteiger partial charge in [-0.05, 0) is 31.0 Å². The summed E-state index contributed by atoms with van der Waals surface area (Å²) in [6, 6.07) is 9.53. The second-order valence-corrected chi connectivity index (χ2v) is 7.31. The van der Waals surface area contributed by atoms with Crippen molar-refractivity contribution >= 4 is 5.91 Å². The largest absolute Gasteiger partial charge is 0.488 e. The molecule has 7 heteroatoms. The number of carbonyl (C=O) groups is 1. The highest BCUT2D eigenvalue weighted by molar-refractivity contribution is 5.94. The van der Waals surface area contributed by atoms with E-state index in [0.717, 1.165) is 12.8 Å². The van der Waals surface area contributed by atoms with Crippen molar-refractivity contribution in [1.82, 2.24) is 9.88 Å². The first-order valence-electron chi connectivity index (χ1n) is 9.42. The van der Waals surface area contributed by atoms with Crippen molar-refractivity contribution in [2.75, 3.05) is 26.8 Å². The molecule has 0 saturated carbocycles. The van der Waals surface area contributed by atoms with Gasteiger partial charge in [0, 0.05) is 31.3 Å². The molecule has 0 bridgehead atoms. The summed E-state index contributed by atoms with van der Waals surface area (Å²) >= 11 is 0. The lowest BCUT2D eigenvalue weighted by atomic mass is 9.89. The molecule has 0 radical (unpaired) electrons. The Bertz CT molecular complexity index is 845. The summed E-state index contributed by atoms with van der Waals surface area (Å²) in [5.41, 5.74) is 0.120. The van der Waals surface area contributed by atoms with Crippen molar-refractivity contribution in [2.45, 2.75) is 31.0 Å². The Balaban J connectivity index is 1.41. The van der Waals surface area contributed by atoms with Crippen LogP contribution in [0.2, 0.25) is 0 Å². The summed E-state index contributed by atoms with van der Waals surface area (Å²) in [7, 11) is 1.54. The first kappa shape index (κ1) is 18.7. The lowest BCUT2D eigenvalue weighted by Crippen LogP contribution is -2.50. The van der Waals surface area contributed by atoms with Crippen molar-refractivity contribution in [1.29, 1.82) is 0 Å². The van der Waals surface area contributed by atoms with Crippen LogP contribution in [0.3, 0.4) is 0 Å². The van der Waals surface area contributed by atoms with E-state index < -0.39 is 5.60 Å². The zero-order valence-electron chi connectivity index (χ0n) is 15.8. The number of pyridine rings is 1. The first-order chi connectivity index (χ1) is 13.6. The van der Waals surface area contributed by atoms with E-state index >= 15 is 0 Å². The molecule has 0 aliphatic carbocycles. The monoisotopic (exact) mass is 386 g/mol. The zero-order valence-corrected chi connectivity index (χ0v) is 15.8. The summed E-state index contributed by atoms with van der Waals surface area (Å²) < 4.78 is 30.4. The molecule has 1 aromatic heterocycles. The van der Waals surface area contributed by atoms with Gasteiger partial charge in [0.25, 0.3) is 5.91 Å². The molecule has 2 atom stereocenters. The van der Waals surface area contributed by atoms with E-state index in [4.69, 9.17) is 14.2 Å². The van der Waals surface area contributed by atoms with Crippen molar-refractivity contribution in [3.8, 4) is 11.6 Å². The third kappa shape index (κ3) is 3.94. The Morgan fingerprint density at radius 1 is 1.36 bits per heavy atom. The van der Waals surface area contributed by atoms with Gasteiger partial charge < -0.3 is 19.1 Å². The Morgan fingerprint density at radius 3 is 3.00 bits per heavy atom. The number of methoxy groups -OCH3 is 1. The van der Waals surface area contributed by atoms with Crippen LogP contribution in [-0.2, 0) is 4.74 Å². The fourth-order valence-electron chi connectivity index (χ4n) is 3.98. The summed E-state index contributed by atoms with van der Waals surface area (Å²) in [5.74, 6) is 0.586. The number of likely N-dealkylation sites (tertiary alicyclic amines) is 1. The van der Waals surface area contributed by atoms with Crippen molar-refractivity contribution in [2.24, 2.45) is 0 Å². The molecule has 2 aromatic rings. The molecular formula is C21H23FN2O4. The van der Waals surface area contributed by atoms with E-state index in [1.165, 1.54) is 25.4 Å². The standard InChI is InChI=1S/C21H23FN2O4/c1-26-19-7-6-15(12-23-19)20(25)24-9-3-8-21(14-24)11-18(13-27-21)28-17-5-2-4-16(22)10-17/h2,4-7,10,12,18H,3,8-9,11,13-14H2,1H3/t18-,21-/m1/s1. The van der Waals surface area contributed by atoms with Crippen molar-refractivity contribution in [3.05, 3.63) is 54.0 Å². The van der Waals surface area contributed by atoms with Gasteiger partial charge in [0.05, 0.1) is 31.4 Å². The van der Waals surface area contributed by atoms with Crippen LogP contribution < -0.4 is 9.47 Å². The number of carbonyl (C=O) groups excluding carboxylic acids is 1. The van der Waals surface area contributed by atoms with Crippen LogP contribution >= 0.6 is 0 Å². The molecule has 148 valence electrons. The van der Waals surface area contributed by atoms with Gasteiger partial charge >= 0.3 is 0 Å². The van der Waals surface area contributed by atoms with Crippen LogP contribution in [0.5, 0.6) is 11.6 Å². The second kappa shape index (κ2) is 7.75. The smallest absolute Gasteiger partial charge is 0.255 e. The molecule has 2 saturated heterocycles. The molecule has 2 aliphatic heterocycles. The van der Waals surface area contributed by atoms with E-state index in [0.29, 0.717) is 43.3 Å². The Morgan fingerprint density at radius 2 is 2.25 bits per heavy atom. The molecule has 28 heavy (non-hydrogen) atoms. The SMILES string of the molecule is COc1ccc(C(=O)N2CCC[C@@]3(C[C@@H](Oc4cccc(F)c4)CO3)C2)cn1. The van der Waals surface area contributed by atoms with Gasteiger partial charge in [0.1, 0.15) is 17.7 Å². The van der Waals surface area contributed by atoms with Gasteiger partial charge in [-0.1, -0.05) is 6.07 Å². The van der Waals surface area contributed by atoms with E-state index in [1.54, 1.807) is 24.3 Å². The number of rotatable bonds is 4. The number of hydrogen-bond donors (Lipinski definition) is 0. The first-order valence-corrected chi connectivity index (χ1v) is 9.42. The predicted octanol–water partition coefficient (Wildman–Crippen LogP) is 3.07. The van der Waals surface area contributed by atoms with Gasteiger partial charge in [-0.3, -0.25) is 4.79 Å². The average Bonchev–Trinajstić information content (AvgIpc) is 3.09. The highest BCUT2D eigenvalue weighted by Gasteiger charge is 2.45. The predicted molar refractivity (Wildman–Crippen MR) is 100 cm³/mol. The van der Waals surface area contributed by atoms with Gasteiger partial charge in [-0.15, -0.1) is 0 Å². The third-order valence-electron chi connectivity index (χ3n) is 5.29. The lowest BCUT2D eigenvalue weighted by molar-refractivity contribution is -0.0453. The summed E-state index contributed by atoms with van der Waals surface area (Å²) in [6.07, 6.45) is 3.80. The van der Waals surface area contributed by atoms with Crippen LogP contribution in [0.15, 0.2) is 42.6 Å². The summed E-state index contributed by atoms with van der Waals surface area (Å²) in [6.45, 7) is 1.63. The average molecular weight is 386 g/mol. The molecule has 1 aromatic carbocycles. The molecule has 6 nitrogen and oxygen atoms in total. The molecular weight excluding hydrogens is 363 g/mol. The molecule has 1 amide bonds. The minimum absolute atomic E-state index is 0.0627. The number of benzene rings is 1. The van der Waals surface area contributed by atoms with Crippen molar-refractivity contribution < 1.29 is 23.4 Å². The number of piperidine rings is 1. The number of nitrogens with zero attached hydrogens (tertiary/aromatic N) is 2. The lowest BCUT2D eigenvalue weighted by Gasteiger charge is -2.39. The normalized spacial score (nSPS) is 24.4. The van der Waals surface area contributed by atoms with E-state index in [2.05, 4.69) is 4.98 Å². The minimum atomic E-state index is -0.411. The minimum Gasteiger partial charge on any atom is -0.488 e. The second-order valence-electron chi connectivity index (χ2n) is 7.31. The van der Waals surface area contributed by atoms with E-state index in [-0.39, 0.29) is 17.8 Å². The zero-order chi connectivity index (χ0) is 19.6. The number of amides is 1. The number of ether oxygens (including phenoxy) is 3. The van der Waals surface area contributed by atoms with Gasteiger partial charge in [-0.2, -0.15) is 0 Å². The number of hydrogen-bond acceptors (Lipinski definition) is 5. The highest BCUT2D eigenvalue weighted by Crippen LogP contribution is 2.36. The van der Waals surface area contributed by atoms with Crippen molar-refractivity contribution in [3.63, 3.8) is 0 Å². The van der Waals surface area contributed by atoms with E-state index in [1.807, 2.05) is 4.90 Å². The van der Waals surface area contributed by atoms with Crippen LogP contribution in [0.25, 0.3) is 0 Å². The maximum Gasteiger partial charge on any atom is 0.255 e. The number of halogens is 1. The molecule has 1 spiro atoms. The topological polar surface area (TPSA) is 60.9 Å². The quantitative estimate of drug-likeness (QED) is 0.808. The fraction of sp³-hybridized carbons (Fsp3) is 0.429. The molecule has 0 N–H and O–H groups in total. The van der Waals surface area contributed by atoms with Gasteiger partial charge in [0.15, 0.2) is 0 Å². The van der Waals surface area contributed by atoms with Crippen LogP contribution in [-0.4, -0.2) is 54.3 Å². The summed E-state index contributed by atoms with van der Waals surface area (Å²) in [4.78, 5) is 18.8. The Kier molecular flexibility index (Phi) is 5.17. The van der Waals surface area contributed by atoms with Crippen LogP contribution in [0.4, 0.5) is 4.39 Å². The number of aromatic nitrogens is 1. The fourth-order valence-corrected chi connectivity index (χ4v) is 3.98. The van der Waals surface area contributed by atoms with Gasteiger partial charge in [-0.25, -0.2) is 9.37 Å². The molecule has 4 rings (SSSR count). The highest BCUT2D eigenvalue weighted by atomic mass is 19.1. The van der Waals surface area contributed by atoms with Crippen LogP contribution in [0, 0.1) is 5.82 Å². The van der Waals surface area contributed by atoms with E-state index in [9.17, 15) is 9.18 Å². The maximum absolute atomic E-state index is 13.4. The summed E-state index contributed by atoms with van der Waals surface area (Å²) in [5, 5.41) is 0. The molecule has 0 unspecified atom stereocenters. The Labute approximate surface area is 163 Å². The molecule has 3 heterocycles. The maximum atomic E-state index is 13.4. The third-order valence-corrected chi connectivity index (χ3v) is 5.29. The van der Waals surface area contributed by atoms with Gasteiger partial charge in [0.2, 0.25) is 5.88 Å². The van der Waals surface area contributed by atoms with Crippen LogP contribution in [0.1, 0.15) is 29.6 Å².